The fourth-order valence-electron chi connectivity index (χ4n) is 2.54. The monoisotopic (exact) mass is 284 g/mol. The second-order valence-corrected chi connectivity index (χ2v) is 5.28. The maximum Gasteiger partial charge on any atom is 0.179 e. The number of rotatable bonds is 5. The standard InChI is InChI=1S/C14H21ClN2O2/c1-18-12-4-3-11(13(15)14(12)19-2)9-17-6-5-10(7-16)8-17/h3-4,10H,5-9,16H2,1-2H3. The van der Waals surface area contributed by atoms with Gasteiger partial charge in [-0.1, -0.05) is 17.7 Å². The second-order valence-electron chi connectivity index (χ2n) is 4.90. The topological polar surface area (TPSA) is 47.7 Å². The van der Waals surface area contributed by atoms with Crippen LogP contribution >= 0.6 is 11.6 Å². The molecule has 1 aromatic rings. The highest BCUT2D eigenvalue weighted by molar-refractivity contribution is 6.33. The molecule has 19 heavy (non-hydrogen) atoms. The van der Waals surface area contributed by atoms with E-state index < -0.39 is 0 Å². The van der Waals surface area contributed by atoms with Crippen molar-refractivity contribution in [1.29, 1.82) is 0 Å². The zero-order chi connectivity index (χ0) is 13.8. The molecule has 1 atom stereocenters. The van der Waals surface area contributed by atoms with E-state index in [1.807, 2.05) is 12.1 Å². The number of halogens is 1. The molecule has 2 rings (SSSR count). The summed E-state index contributed by atoms with van der Waals surface area (Å²) >= 11 is 6.39. The van der Waals surface area contributed by atoms with Crippen LogP contribution in [0.4, 0.5) is 0 Å². The van der Waals surface area contributed by atoms with E-state index in [0.29, 0.717) is 22.4 Å². The van der Waals surface area contributed by atoms with Crippen LogP contribution in [0, 0.1) is 5.92 Å². The van der Waals surface area contributed by atoms with Gasteiger partial charge in [-0.3, -0.25) is 4.90 Å². The lowest BCUT2D eigenvalue weighted by atomic mass is 10.1. The Morgan fingerprint density at radius 2 is 2.16 bits per heavy atom. The van der Waals surface area contributed by atoms with Crippen LogP contribution in [-0.2, 0) is 6.54 Å². The van der Waals surface area contributed by atoms with Gasteiger partial charge in [0.15, 0.2) is 11.5 Å². The highest BCUT2D eigenvalue weighted by atomic mass is 35.5. The normalized spacial score (nSPS) is 19.7. The zero-order valence-electron chi connectivity index (χ0n) is 11.5. The summed E-state index contributed by atoms with van der Waals surface area (Å²) in [6.07, 6.45) is 1.17. The van der Waals surface area contributed by atoms with Crippen LogP contribution in [0.15, 0.2) is 12.1 Å². The predicted molar refractivity (Wildman–Crippen MR) is 77.0 cm³/mol. The summed E-state index contributed by atoms with van der Waals surface area (Å²) in [5.41, 5.74) is 6.78. The van der Waals surface area contributed by atoms with Crippen LogP contribution < -0.4 is 15.2 Å². The average Bonchev–Trinajstić information content (AvgIpc) is 2.88. The van der Waals surface area contributed by atoms with Gasteiger partial charge in [-0.2, -0.15) is 0 Å². The SMILES string of the molecule is COc1ccc(CN2CCC(CN)C2)c(Cl)c1OC. The Hall–Kier alpha value is -0.970. The number of nitrogens with two attached hydrogens (primary N) is 1. The molecule has 1 aliphatic rings. The van der Waals surface area contributed by atoms with Gasteiger partial charge in [0, 0.05) is 13.1 Å². The molecule has 0 saturated carbocycles. The highest BCUT2D eigenvalue weighted by Gasteiger charge is 2.23. The van der Waals surface area contributed by atoms with Gasteiger partial charge in [-0.25, -0.2) is 0 Å². The van der Waals surface area contributed by atoms with Crippen molar-refractivity contribution in [3.05, 3.63) is 22.7 Å². The lowest BCUT2D eigenvalue weighted by Gasteiger charge is -2.18. The van der Waals surface area contributed by atoms with E-state index in [1.54, 1.807) is 14.2 Å². The molecular formula is C14H21ClN2O2. The Balaban J connectivity index is 2.13. The second kappa shape index (κ2) is 6.46. The zero-order valence-corrected chi connectivity index (χ0v) is 12.2. The Bertz CT molecular complexity index is 440. The lowest BCUT2D eigenvalue weighted by molar-refractivity contribution is 0.315. The predicted octanol–water partition coefficient (Wildman–Crippen LogP) is 2.14. The fourth-order valence-corrected chi connectivity index (χ4v) is 2.83. The minimum Gasteiger partial charge on any atom is -0.493 e. The fraction of sp³-hybridized carbons (Fsp3) is 0.571. The molecule has 0 amide bonds. The molecule has 0 spiro atoms. The first-order valence-corrected chi connectivity index (χ1v) is 6.89. The summed E-state index contributed by atoms with van der Waals surface area (Å²) in [6.45, 7) is 3.71. The Morgan fingerprint density at radius 3 is 2.74 bits per heavy atom. The average molecular weight is 285 g/mol. The van der Waals surface area contributed by atoms with Crippen molar-refractivity contribution in [3.63, 3.8) is 0 Å². The van der Waals surface area contributed by atoms with Gasteiger partial charge in [0.25, 0.3) is 0 Å². The molecule has 0 aliphatic carbocycles. The Morgan fingerprint density at radius 1 is 1.37 bits per heavy atom. The van der Waals surface area contributed by atoms with Crippen molar-refractivity contribution in [3.8, 4) is 11.5 Å². The summed E-state index contributed by atoms with van der Waals surface area (Å²) in [7, 11) is 3.22. The number of benzene rings is 1. The van der Waals surface area contributed by atoms with E-state index in [0.717, 1.165) is 31.7 Å². The van der Waals surface area contributed by atoms with Crippen molar-refractivity contribution >= 4 is 11.6 Å². The molecule has 106 valence electrons. The first kappa shape index (κ1) is 14.4. The largest absolute Gasteiger partial charge is 0.493 e. The molecule has 4 nitrogen and oxygen atoms in total. The molecular weight excluding hydrogens is 264 g/mol. The maximum atomic E-state index is 6.39. The molecule has 2 N–H and O–H groups in total. The number of nitrogens with zero attached hydrogens (tertiary/aromatic N) is 1. The number of methoxy groups -OCH3 is 2. The van der Waals surface area contributed by atoms with Crippen LogP contribution in [-0.4, -0.2) is 38.8 Å². The van der Waals surface area contributed by atoms with E-state index in [4.69, 9.17) is 26.8 Å². The third-order valence-corrected chi connectivity index (χ3v) is 4.08. The van der Waals surface area contributed by atoms with Crippen molar-refractivity contribution < 1.29 is 9.47 Å². The first-order chi connectivity index (χ1) is 9.19. The van der Waals surface area contributed by atoms with Crippen molar-refractivity contribution in [2.75, 3.05) is 33.9 Å². The van der Waals surface area contributed by atoms with Gasteiger partial charge < -0.3 is 15.2 Å². The third kappa shape index (κ3) is 3.14. The molecule has 0 radical (unpaired) electrons. The molecule has 1 aliphatic heterocycles. The van der Waals surface area contributed by atoms with E-state index in [-0.39, 0.29) is 0 Å². The van der Waals surface area contributed by atoms with Crippen LogP contribution in [0.2, 0.25) is 5.02 Å². The number of hydrogen-bond donors (Lipinski definition) is 1. The van der Waals surface area contributed by atoms with Crippen LogP contribution in [0.5, 0.6) is 11.5 Å². The van der Waals surface area contributed by atoms with Gasteiger partial charge >= 0.3 is 0 Å². The molecule has 0 bridgehead atoms. The maximum absolute atomic E-state index is 6.39. The summed E-state index contributed by atoms with van der Waals surface area (Å²) in [5.74, 6) is 1.88. The minimum absolute atomic E-state index is 0.608. The van der Waals surface area contributed by atoms with Gasteiger partial charge in [0.05, 0.1) is 19.2 Å². The van der Waals surface area contributed by atoms with E-state index in [2.05, 4.69) is 4.90 Å². The van der Waals surface area contributed by atoms with Crippen molar-refractivity contribution in [1.82, 2.24) is 4.90 Å². The van der Waals surface area contributed by atoms with E-state index >= 15 is 0 Å². The van der Waals surface area contributed by atoms with Crippen LogP contribution in [0.3, 0.4) is 0 Å². The smallest absolute Gasteiger partial charge is 0.179 e. The highest BCUT2D eigenvalue weighted by Crippen LogP contribution is 2.38. The number of likely N-dealkylation sites (tertiary alicyclic amines) is 1. The number of ether oxygens (including phenoxy) is 2. The van der Waals surface area contributed by atoms with Gasteiger partial charge in [0.1, 0.15) is 0 Å². The van der Waals surface area contributed by atoms with Crippen molar-refractivity contribution in [2.45, 2.75) is 13.0 Å². The van der Waals surface area contributed by atoms with Gasteiger partial charge in [-0.05, 0) is 37.1 Å². The molecule has 0 aromatic heterocycles. The summed E-state index contributed by atoms with van der Waals surface area (Å²) < 4.78 is 10.6. The molecule has 1 fully saturated rings. The third-order valence-electron chi connectivity index (χ3n) is 3.66. The summed E-state index contributed by atoms with van der Waals surface area (Å²) in [4.78, 5) is 2.38. The Kier molecular flexibility index (Phi) is 4.91. The lowest BCUT2D eigenvalue weighted by Crippen LogP contribution is -2.23. The minimum atomic E-state index is 0.608. The first-order valence-electron chi connectivity index (χ1n) is 6.51. The van der Waals surface area contributed by atoms with Crippen LogP contribution in [0.25, 0.3) is 0 Å². The molecule has 1 saturated heterocycles. The van der Waals surface area contributed by atoms with E-state index in [9.17, 15) is 0 Å². The van der Waals surface area contributed by atoms with Crippen molar-refractivity contribution in [2.24, 2.45) is 11.7 Å². The molecule has 1 heterocycles. The number of hydrogen-bond acceptors (Lipinski definition) is 4. The molecule has 5 heteroatoms. The van der Waals surface area contributed by atoms with Gasteiger partial charge in [0.2, 0.25) is 0 Å². The molecule has 1 aromatic carbocycles. The summed E-state index contributed by atoms with van der Waals surface area (Å²) in [5, 5.41) is 0.637. The Labute approximate surface area is 119 Å². The van der Waals surface area contributed by atoms with E-state index in [1.165, 1.54) is 6.42 Å². The molecule has 1 unspecified atom stereocenters. The van der Waals surface area contributed by atoms with Crippen LogP contribution in [0.1, 0.15) is 12.0 Å². The van der Waals surface area contributed by atoms with Gasteiger partial charge in [-0.15, -0.1) is 0 Å². The quantitative estimate of drug-likeness (QED) is 0.900. The summed E-state index contributed by atoms with van der Waals surface area (Å²) in [6, 6.07) is 3.90.